The lowest BCUT2D eigenvalue weighted by atomic mass is 9.92. The summed E-state index contributed by atoms with van der Waals surface area (Å²) < 4.78 is 2.14. The summed E-state index contributed by atoms with van der Waals surface area (Å²) in [6.45, 7) is 4.36. The molecule has 2 N–H and O–H groups in total. The van der Waals surface area contributed by atoms with Crippen LogP contribution < -0.4 is 10.6 Å². The molecular formula is C13H16BrN3OS. The molecule has 0 spiro atoms. The molecule has 0 atom stereocenters. The number of fused-ring (bicyclic) bond motifs is 1. The summed E-state index contributed by atoms with van der Waals surface area (Å²) in [6, 6.07) is 6.02. The molecule has 4 nitrogen and oxygen atoms in total. The van der Waals surface area contributed by atoms with Crippen molar-refractivity contribution in [1.82, 2.24) is 10.3 Å². The Morgan fingerprint density at radius 1 is 1.47 bits per heavy atom. The van der Waals surface area contributed by atoms with Crippen LogP contribution in [0.4, 0.5) is 5.13 Å². The molecule has 0 unspecified atom stereocenters. The minimum absolute atomic E-state index is 0.0175. The highest BCUT2D eigenvalue weighted by Crippen LogP contribution is 2.29. The van der Waals surface area contributed by atoms with Gasteiger partial charge in [-0.25, -0.2) is 4.98 Å². The molecule has 0 fully saturated rings. The molecule has 0 aliphatic carbocycles. The SMILES string of the molecule is CNC(=O)C(C)(C)CNc1nc2cc(Br)ccc2s1. The maximum Gasteiger partial charge on any atom is 0.227 e. The van der Waals surface area contributed by atoms with Crippen molar-refractivity contribution in [3.05, 3.63) is 22.7 Å². The summed E-state index contributed by atoms with van der Waals surface area (Å²) in [5.41, 5.74) is 0.493. The predicted octanol–water partition coefficient (Wildman–Crippen LogP) is 3.24. The van der Waals surface area contributed by atoms with Crippen molar-refractivity contribution in [2.75, 3.05) is 18.9 Å². The number of halogens is 1. The first kappa shape index (κ1) is 14.3. The Kier molecular flexibility index (Phi) is 4.10. The first-order chi connectivity index (χ1) is 8.92. The Bertz CT molecular complexity index is 609. The van der Waals surface area contributed by atoms with Crippen molar-refractivity contribution in [1.29, 1.82) is 0 Å². The van der Waals surface area contributed by atoms with Gasteiger partial charge in [0.25, 0.3) is 0 Å². The van der Waals surface area contributed by atoms with Crippen LogP contribution in [0.2, 0.25) is 0 Å². The highest BCUT2D eigenvalue weighted by molar-refractivity contribution is 9.10. The van der Waals surface area contributed by atoms with Crippen molar-refractivity contribution < 1.29 is 4.79 Å². The fourth-order valence-electron chi connectivity index (χ4n) is 1.69. The van der Waals surface area contributed by atoms with Crippen LogP contribution in [-0.4, -0.2) is 24.5 Å². The van der Waals surface area contributed by atoms with E-state index in [1.165, 1.54) is 0 Å². The number of anilines is 1. The molecule has 102 valence electrons. The molecule has 0 saturated carbocycles. The average Bonchev–Trinajstić information content (AvgIpc) is 2.77. The zero-order valence-corrected chi connectivity index (χ0v) is 13.5. The second-order valence-corrected chi connectivity index (χ2v) is 6.89. The summed E-state index contributed by atoms with van der Waals surface area (Å²) in [6.07, 6.45) is 0. The second-order valence-electron chi connectivity index (χ2n) is 4.95. The molecular weight excluding hydrogens is 326 g/mol. The number of hydrogen-bond donors (Lipinski definition) is 2. The van der Waals surface area contributed by atoms with Gasteiger partial charge in [0, 0.05) is 18.1 Å². The molecule has 1 amide bonds. The lowest BCUT2D eigenvalue weighted by Crippen LogP contribution is -2.39. The number of aromatic nitrogens is 1. The van der Waals surface area contributed by atoms with Gasteiger partial charge in [-0.05, 0) is 32.0 Å². The van der Waals surface area contributed by atoms with Crippen LogP contribution in [-0.2, 0) is 4.79 Å². The number of carbonyl (C=O) groups is 1. The van der Waals surface area contributed by atoms with Gasteiger partial charge >= 0.3 is 0 Å². The normalized spacial score (nSPS) is 11.6. The summed E-state index contributed by atoms with van der Waals surface area (Å²) >= 11 is 5.02. The maximum atomic E-state index is 11.7. The van der Waals surface area contributed by atoms with E-state index in [-0.39, 0.29) is 5.91 Å². The number of benzene rings is 1. The standard InChI is InChI=1S/C13H16BrN3OS/c1-13(2,11(18)15-3)7-16-12-17-9-6-8(14)4-5-10(9)19-12/h4-6H,7H2,1-3H3,(H,15,18)(H,16,17). The number of thiazole rings is 1. The van der Waals surface area contributed by atoms with E-state index >= 15 is 0 Å². The van der Waals surface area contributed by atoms with Crippen LogP contribution in [0.1, 0.15) is 13.8 Å². The summed E-state index contributed by atoms with van der Waals surface area (Å²) in [5.74, 6) is 0.0175. The number of hydrogen-bond acceptors (Lipinski definition) is 4. The fraction of sp³-hybridized carbons (Fsp3) is 0.385. The third kappa shape index (κ3) is 3.25. The molecule has 19 heavy (non-hydrogen) atoms. The van der Waals surface area contributed by atoms with Gasteiger partial charge in [-0.1, -0.05) is 27.3 Å². The van der Waals surface area contributed by atoms with Crippen LogP contribution >= 0.6 is 27.3 Å². The first-order valence-corrected chi connectivity index (χ1v) is 7.55. The van der Waals surface area contributed by atoms with E-state index in [2.05, 4.69) is 31.5 Å². The third-order valence-corrected chi connectivity index (χ3v) is 4.36. The van der Waals surface area contributed by atoms with Crippen molar-refractivity contribution >= 4 is 48.5 Å². The van der Waals surface area contributed by atoms with Gasteiger partial charge in [-0.15, -0.1) is 0 Å². The van der Waals surface area contributed by atoms with Crippen molar-refractivity contribution in [3.63, 3.8) is 0 Å². The van der Waals surface area contributed by atoms with E-state index in [1.54, 1.807) is 18.4 Å². The largest absolute Gasteiger partial charge is 0.360 e. The maximum absolute atomic E-state index is 11.7. The first-order valence-electron chi connectivity index (χ1n) is 5.94. The summed E-state index contributed by atoms with van der Waals surface area (Å²) in [7, 11) is 1.65. The molecule has 0 radical (unpaired) electrons. The lowest BCUT2D eigenvalue weighted by Gasteiger charge is -2.22. The number of nitrogens with zero attached hydrogens (tertiary/aromatic N) is 1. The lowest BCUT2D eigenvalue weighted by molar-refractivity contribution is -0.128. The van der Waals surface area contributed by atoms with Gasteiger partial charge in [-0.3, -0.25) is 4.79 Å². The molecule has 2 aromatic rings. The molecule has 1 heterocycles. The van der Waals surface area contributed by atoms with E-state index in [9.17, 15) is 4.79 Å². The zero-order valence-electron chi connectivity index (χ0n) is 11.1. The van der Waals surface area contributed by atoms with Crippen LogP contribution in [0.5, 0.6) is 0 Å². The van der Waals surface area contributed by atoms with E-state index in [4.69, 9.17) is 0 Å². The van der Waals surface area contributed by atoms with Gasteiger partial charge in [0.15, 0.2) is 5.13 Å². The van der Waals surface area contributed by atoms with Gasteiger partial charge in [0.05, 0.1) is 15.6 Å². The number of nitrogens with one attached hydrogen (secondary N) is 2. The smallest absolute Gasteiger partial charge is 0.227 e. The van der Waals surface area contributed by atoms with E-state index in [0.717, 1.165) is 19.8 Å². The highest BCUT2D eigenvalue weighted by Gasteiger charge is 2.26. The molecule has 0 saturated heterocycles. The number of amides is 1. The van der Waals surface area contributed by atoms with Crippen LogP contribution in [0, 0.1) is 5.41 Å². The molecule has 1 aromatic heterocycles. The van der Waals surface area contributed by atoms with Gasteiger partial charge in [-0.2, -0.15) is 0 Å². The van der Waals surface area contributed by atoms with Gasteiger partial charge < -0.3 is 10.6 Å². The van der Waals surface area contributed by atoms with E-state index < -0.39 is 5.41 Å². The van der Waals surface area contributed by atoms with E-state index in [1.807, 2.05) is 32.0 Å². The number of carbonyl (C=O) groups excluding carboxylic acids is 1. The molecule has 2 rings (SSSR count). The Labute approximate surface area is 124 Å². The average molecular weight is 342 g/mol. The quantitative estimate of drug-likeness (QED) is 0.897. The number of rotatable bonds is 4. The highest BCUT2D eigenvalue weighted by atomic mass is 79.9. The van der Waals surface area contributed by atoms with Crippen molar-refractivity contribution in [3.8, 4) is 0 Å². The second kappa shape index (κ2) is 5.46. The molecule has 6 heteroatoms. The summed E-state index contributed by atoms with van der Waals surface area (Å²) in [4.78, 5) is 16.2. The third-order valence-electron chi connectivity index (χ3n) is 2.87. The van der Waals surface area contributed by atoms with E-state index in [0.29, 0.717) is 6.54 Å². The minimum Gasteiger partial charge on any atom is -0.360 e. The van der Waals surface area contributed by atoms with Crippen LogP contribution in [0.15, 0.2) is 22.7 Å². The van der Waals surface area contributed by atoms with Crippen molar-refractivity contribution in [2.24, 2.45) is 5.41 Å². The van der Waals surface area contributed by atoms with Crippen LogP contribution in [0.3, 0.4) is 0 Å². The Morgan fingerprint density at radius 3 is 2.89 bits per heavy atom. The Morgan fingerprint density at radius 2 is 2.21 bits per heavy atom. The summed E-state index contributed by atoms with van der Waals surface area (Å²) in [5, 5.41) is 6.75. The predicted molar refractivity (Wildman–Crippen MR) is 83.7 cm³/mol. The van der Waals surface area contributed by atoms with Gasteiger partial charge in [0.1, 0.15) is 0 Å². The van der Waals surface area contributed by atoms with Crippen molar-refractivity contribution in [2.45, 2.75) is 13.8 Å². The molecule has 0 bridgehead atoms. The minimum atomic E-state index is -0.465. The van der Waals surface area contributed by atoms with Crippen LogP contribution in [0.25, 0.3) is 10.2 Å². The topological polar surface area (TPSA) is 54.0 Å². The Balaban J connectivity index is 2.12. The van der Waals surface area contributed by atoms with Gasteiger partial charge in [0.2, 0.25) is 5.91 Å². The molecule has 0 aliphatic heterocycles. The monoisotopic (exact) mass is 341 g/mol. The fourth-order valence-corrected chi connectivity index (χ4v) is 2.88. The zero-order chi connectivity index (χ0) is 14.0. The molecule has 0 aliphatic rings. The Hall–Kier alpha value is -1.14. The molecule has 1 aromatic carbocycles.